The highest BCUT2D eigenvalue weighted by atomic mass is 79.9. The molecule has 3 aromatic rings. The number of hydrogen-bond donors (Lipinski definition) is 3. The van der Waals surface area contributed by atoms with Gasteiger partial charge in [-0.2, -0.15) is 0 Å². The lowest BCUT2D eigenvalue weighted by molar-refractivity contribution is -0.146. The maximum atomic E-state index is 12.9. The zero-order valence-electron chi connectivity index (χ0n) is 17.6. The Morgan fingerprint density at radius 1 is 1.22 bits per heavy atom. The van der Waals surface area contributed by atoms with Crippen molar-refractivity contribution in [3.05, 3.63) is 76.2 Å². The molecule has 8 heteroatoms. The number of halogens is 1. The molecule has 2 heterocycles. The SMILES string of the molecule is O=C(NCc1nc2ccccc2[nH]1)C1=C[C@@H](c2ccc(Br)cc2)C[C@@H](OCCCCO)O1. The van der Waals surface area contributed by atoms with Gasteiger partial charge < -0.3 is 24.9 Å². The van der Waals surface area contributed by atoms with Crippen molar-refractivity contribution < 1.29 is 19.4 Å². The van der Waals surface area contributed by atoms with Crippen LogP contribution in [0.4, 0.5) is 0 Å². The summed E-state index contributed by atoms with van der Waals surface area (Å²) in [7, 11) is 0. The number of aliphatic hydroxyl groups excluding tert-OH is 1. The highest BCUT2D eigenvalue weighted by molar-refractivity contribution is 9.10. The van der Waals surface area contributed by atoms with E-state index in [0.29, 0.717) is 25.3 Å². The summed E-state index contributed by atoms with van der Waals surface area (Å²) >= 11 is 3.46. The molecule has 1 aliphatic heterocycles. The molecule has 2 aromatic carbocycles. The predicted molar refractivity (Wildman–Crippen MR) is 125 cm³/mol. The van der Waals surface area contributed by atoms with Crippen LogP contribution in [0, 0.1) is 0 Å². The molecule has 1 amide bonds. The number of carbonyl (C=O) groups is 1. The van der Waals surface area contributed by atoms with E-state index in [9.17, 15) is 4.79 Å². The summed E-state index contributed by atoms with van der Waals surface area (Å²) in [5.74, 6) is 0.604. The molecule has 1 aromatic heterocycles. The van der Waals surface area contributed by atoms with Crippen molar-refractivity contribution in [2.24, 2.45) is 0 Å². The minimum atomic E-state index is -0.528. The number of rotatable bonds is 9. The van der Waals surface area contributed by atoms with Crippen LogP contribution in [-0.2, 0) is 20.8 Å². The molecule has 7 nitrogen and oxygen atoms in total. The number of aromatic nitrogens is 2. The van der Waals surface area contributed by atoms with Gasteiger partial charge in [-0.05, 0) is 48.7 Å². The molecule has 3 N–H and O–H groups in total. The third kappa shape index (κ3) is 5.76. The van der Waals surface area contributed by atoms with Crippen LogP contribution in [0.1, 0.15) is 36.6 Å². The van der Waals surface area contributed by atoms with Crippen molar-refractivity contribution in [1.82, 2.24) is 15.3 Å². The number of ether oxygens (including phenoxy) is 2. The molecule has 0 spiro atoms. The largest absolute Gasteiger partial charge is 0.459 e. The zero-order valence-corrected chi connectivity index (χ0v) is 19.2. The van der Waals surface area contributed by atoms with Crippen LogP contribution in [-0.4, -0.2) is 40.5 Å². The molecule has 32 heavy (non-hydrogen) atoms. The van der Waals surface area contributed by atoms with Crippen molar-refractivity contribution in [2.45, 2.75) is 38.0 Å². The fourth-order valence-corrected chi connectivity index (χ4v) is 3.89. The van der Waals surface area contributed by atoms with Crippen LogP contribution in [0.15, 0.2) is 64.8 Å². The molecule has 2 atom stereocenters. The number of H-pyrrole nitrogens is 1. The maximum absolute atomic E-state index is 12.9. The third-order valence-corrected chi connectivity index (χ3v) is 5.82. The first kappa shape index (κ1) is 22.5. The molecule has 0 bridgehead atoms. The van der Waals surface area contributed by atoms with Gasteiger partial charge in [0.2, 0.25) is 6.29 Å². The summed E-state index contributed by atoms with van der Waals surface area (Å²) in [4.78, 5) is 20.6. The number of carbonyl (C=O) groups excluding carboxylic acids is 1. The highest BCUT2D eigenvalue weighted by Gasteiger charge is 2.28. The molecule has 0 fully saturated rings. The monoisotopic (exact) mass is 499 g/mol. The van der Waals surface area contributed by atoms with Gasteiger partial charge in [0, 0.05) is 23.4 Å². The summed E-state index contributed by atoms with van der Waals surface area (Å²) in [6, 6.07) is 15.8. The Morgan fingerprint density at radius 2 is 2.03 bits per heavy atom. The number of nitrogens with one attached hydrogen (secondary N) is 2. The van der Waals surface area contributed by atoms with Gasteiger partial charge in [0.05, 0.1) is 24.2 Å². The van der Waals surface area contributed by atoms with Crippen molar-refractivity contribution in [3.63, 3.8) is 0 Å². The summed E-state index contributed by atoms with van der Waals surface area (Å²) in [6.07, 6.45) is 3.34. The Morgan fingerprint density at radius 3 is 2.81 bits per heavy atom. The number of fused-ring (bicyclic) bond motifs is 1. The van der Waals surface area contributed by atoms with Crippen molar-refractivity contribution >= 4 is 32.9 Å². The number of aromatic amines is 1. The normalized spacial score (nSPS) is 18.2. The van der Waals surface area contributed by atoms with E-state index in [4.69, 9.17) is 14.6 Å². The van der Waals surface area contributed by atoms with E-state index < -0.39 is 6.29 Å². The maximum Gasteiger partial charge on any atom is 0.286 e. The van der Waals surface area contributed by atoms with Gasteiger partial charge in [0.25, 0.3) is 5.91 Å². The Kier molecular flexibility index (Phi) is 7.57. The summed E-state index contributed by atoms with van der Waals surface area (Å²) in [5, 5.41) is 11.9. The summed E-state index contributed by atoms with van der Waals surface area (Å²) < 4.78 is 12.7. The standard InChI is InChI=1S/C24H26BrN3O4/c25-18-9-7-16(8-10-18)17-13-21(32-23(14-17)31-12-4-3-11-29)24(30)26-15-22-27-19-5-1-2-6-20(19)28-22/h1-2,5-10,13,17,23,29H,3-4,11-12,14-15H2,(H,26,30)(H,27,28)/t17-,23+/m1/s1. The van der Waals surface area contributed by atoms with Crippen molar-refractivity contribution in [2.75, 3.05) is 13.2 Å². The van der Waals surface area contributed by atoms with Crippen LogP contribution in [0.5, 0.6) is 0 Å². The smallest absolute Gasteiger partial charge is 0.286 e. The second-order valence-corrected chi connectivity index (χ2v) is 8.57. The lowest BCUT2D eigenvalue weighted by atomic mass is 9.93. The van der Waals surface area contributed by atoms with Gasteiger partial charge in [-0.1, -0.05) is 40.2 Å². The Balaban J connectivity index is 1.45. The molecule has 0 saturated heterocycles. The zero-order chi connectivity index (χ0) is 22.3. The second-order valence-electron chi connectivity index (χ2n) is 7.66. The number of allylic oxidation sites excluding steroid dienone is 1. The van der Waals surface area contributed by atoms with E-state index in [1.165, 1.54) is 0 Å². The Hall–Kier alpha value is -2.68. The number of unbranched alkanes of at least 4 members (excludes halogenated alkanes) is 1. The van der Waals surface area contributed by atoms with Crippen molar-refractivity contribution in [1.29, 1.82) is 0 Å². The van der Waals surface area contributed by atoms with Crippen molar-refractivity contribution in [3.8, 4) is 0 Å². The van der Waals surface area contributed by atoms with E-state index in [0.717, 1.165) is 27.5 Å². The number of nitrogens with zero attached hydrogens (tertiary/aromatic N) is 1. The Bertz CT molecular complexity index is 1050. The quantitative estimate of drug-likeness (QED) is 0.384. The number of benzene rings is 2. The molecule has 1 aliphatic rings. The van der Waals surface area contributed by atoms with Crippen LogP contribution in [0.3, 0.4) is 0 Å². The molecule has 0 aliphatic carbocycles. The number of para-hydroxylation sites is 2. The second kappa shape index (κ2) is 10.8. The van der Waals surface area contributed by atoms with Crippen LogP contribution in [0.2, 0.25) is 0 Å². The first-order chi connectivity index (χ1) is 15.6. The van der Waals surface area contributed by atoms with E-state index in [-0.39, 0.29) is 30.7 Å². The number of hydrogen-bond acceptors (Lipinski definition) is 5. The number of amides is 1. The van der Waals surface area contributed by atoms with E-state index >= 15 is 0 Å². The molecule has 168 valence electrons. The summed E-state index contributed by atoms with van der Waals surface area (Å²) in [6.45, 7) is 0.858. The van der Waals surface area contributed by atoms with Gasteiger partial charge >= 0.3 is 0 Å². The topological polar surface area (TPSA) is 96.5 Å². The van der Waals surface area contributed by atoms with Gasteiger partial charge in [0.1, 0.15) is 5.82 Å². The minimum absolute atomic E-state index is 0.00774. The van der Waals surface area contributed by atoms with E-state index in [2.05, 4.69) is 31.2 Å². The molecular formula is C24H26BrN3O4. The lowest BCUT2D eigenvalue weighted by Crippen LogP contribution is -2.33. The van der Waals surface area contributed by atoms with E-state index in [1.54, 1.807) is 0 Å². The highest BCUT2D eigenvalue weighted by Crippen LogP contribution is 2.32. The predicted octanol–water partition coefficient (Wildman–Crippen LogP) is 4.14. The summed E-state index contributed by atoms with van der Waals surface area (Å²) in [5.41, 5.74) is 2.87. The third-order valence-electron chi connectivity index (χ3n) is 5.29. The number of aliphatic hydroxyl groups is 1. The van der Waals surface area contributed by atoms with Gasteiger partial charge in [-0.3, -0.25) is 4.79 Å². The number of imidazole rings is 1. The molecule has 0 saturated carbocycles. The fourth-order valence-electron chi connectivity index (χ4n) is 3.63. The van der Waals surface area contributed by atoms with Crippen LogP contribution >= 0.6 is 15.9 Å². The molecule has 0 radical (unpaired) electrons. The molecule has 0 unspecified atom stereocenters. The van der Waals surface area contributed by atoms with Gasteiger partial charge in [-0.15, -0.1) is 0 Å². The molecular weight excluding hydrogens is 474 g/mol. The van der Waals surface area contributed by atoms with Crippen LogP contribution in [0.25, 0.3) is 11.0 Å². The average Bonchev–Trinajstić information content (AvgIpc) is 3.24. The van der Waals surface area contributed by atoms with Crippen LogP contribution < -0.4 is 5.32 Å². The van der Waals surface area contributed by atoms with Gasteiger partial charge in [0.15, 0.2) is 5.76 Å². The fraction of sp³-hybridized carbons (Fsp3) is 0.333. The first-order valence-electron chi connectivity index (χ1n) is 10.7. The first-order valence-corrected chi connectivity index (χ1v) is 11.5. The minimum Gasteiger partial charge on any atom is -0.459 e. The average molecular weight is 500 g/mol. The molecule has 4 rings (SSSR count). The van der Waals surface area contributed by atoms with Gasteiger partial charge in [-0.25, -0.2) is 4.98 Å². The lowest BCUT2D eigenvalue weighted by Gasteiger charge is -2.29. The Labute approximate surface area is 195 Å². The van der Waals surface area contributed by atoms with E-state index in [1.807, 2.05) is 54.6 Å².